The Balaban J connectivity index is 2.87. The molecule has 0 aromatic heterocycles. The molecule has 0 bridgehead atoms. The highest BCUT2D eigenvalue weighted by atomic mass is 127. The van der Waals surface area contributed by atoms with Gasteiger partial charge in [0.05, 0.1) is 5.69 Å². The fourth-order valence-corrected chi connectivity index (χ4v) is 1.87. The SMILES string of the molecule is CC(C)(F)C(=O)Nc1ccc(Cl)cc1I. The van der Waals surface area contributed by atoms with Gasteiger partial charge in [-0.05, 0) is 54.6 Å². The Morgan fingerprint density at radius 3 is 2.60 bits per heavy atom. The number of rotatable bonds is 2. The zero-order valence-electron chi connectivity index (χ0n) is 8.27. The molecule has 82 valence electrons. The molecule has 15 heavy (non-hydrogen) atoms. The summed E-state index contributed by atoms with van der Waals surface area (Å²) in [6, 6.07) is 4.99. The summed E-state index contributed by atoms with van der Waals surface area (Å²) in [6.45, 7) is 2.43. The number of alkyl halides is 1. The van der Waals surface area contributed by atoms with Gasteiger partial charge in [0, 0.05) is 8.59 Å². The summed E-state index contributed by atoms with van der Waals surface area (Å²) >= 11 is 7.78. The molecule has 0 aliphatic rings. The molecule has 0 saturated heterocycles. The minimum Gasteiger partial charge on any atom is -0.322 e. The summed E-state index contributed by atoms with van der Waals surface area (Å²) in [4.78, 5) is 11.3. The van der Waals surface area contributed by atoms with Crippen LogP contribution in [0.1, 0.15) is 13.8 Å². The summed E-state index contributed by atoms with van der Waals surface area (Å²) in [5, 5.41) is 3.08. The largest absolute Gasteiger partial charge is 0.322 e. The van der Waals surface area contributed by atoms with Crippen molar-refractivity contribution < 1.29 is 9.18 Å². The van der Waals surface area contributed by atoms with Crippen LogP contribution in [0.25, 0.3) is 0 Å². The first-order valence-corrected chi connectivity index (χ1v) is 5.72. The van der Waals surface area contributed by atoms with Crippen molar-refractivity contribution in [2.24, 2.45) is 0 Å². The Hall–Kier alpha value is -0.360. The van der Waals surface area contributed by atoms with Gasteiger partial charge in [0.15, 0.2) is 5.67 Å². The van der Waals surface area contributed by atoms with E-state index in [0.29, 0.717) is 10.7 Å². The molecule has 1 aromatic carbocycles. The number of hydrogen-bond donors (Lipinski definition) is 1. The van der Waals surface area contributed by atoms with E-state index in [1.165, 1.54) is 13.8 Å². The fraction of sp³-hybridized carbons (Fsp3) is 0.300. The number of anilines is 1. The molecule has 0 aliphatic heterocycles. The smallest absolute Gasteiger partial charge is 0.261 e. The van der Waals surface area contributed by atoms with Crippen molar-refractivity contribution in [3.63, 3.8) is 0 Å². The van der Waals surface area contributed by atoms with Crippen molar-refractivity contribution in [3.05, 3.63) is 26.8 Å². The predicted molar refractivity (Wildman–Crippen MR) is 68.0 cm³/mol. The van der Waals surface area contributed by atoms with Gasteiger partial charge in [-0.1, -0.05) is 11.6 Å². The molecule has 1 rings (SSSR count). The summed E-state index contributed by atoms with van der Waals surface area (Å²) < 4.78 is 14.0. The summed E-state index contributed by atoms with van der Waals surface area (Å²) in [6.07, 6.45) is 0. The minimum absolute atomic E-state index is 0.565. The molecule has 0 radical (unpaired) electrons. The van der Waals surface area contributed by atoms with Crippen molar-refractivity contribution >= 4 is 45.8 Å². The van der Waals surface area contributed by atoms with Gasteiger partial charge in [-0.15, -0.1) is 0 Å². The monoisotopic (exact) mass is 341 g/mol. The Morgan fingerprint density at radius 1 is 1.53 bits per heavy atom. The van der Waals surface area contributed by atoms with Crippen LogP contribution in [0.4, 0.5) is 10.1 Å². The summed E-state index contributed by atoms with van der Waals surface area (Å²) in [5.41, 5.74) is -1.32. The van der Waals surface area contributed by atoms with Crippen LogP contribution >= 0.6 is 34.2 Å². The van der Waals surface area contributed by atoms with Gasteiger partial charge in [-0.25, -0.2) is 4.39 Å². The minimum atomic E-state index is -1.89. The standard InChI is InChI=1S/C10H10ClFINO/c1-10(2,12)9(15)14-8-4-3-6(11)5-7(8)13/h3-5H,1-2H3,(H,14,15). The van der Waals surface area contributed by atoms with Gasteiger partial charge in [-0.2, -0.15) is 0 Å². The highest BCUT2D eigenvalue weighted by molar-refractivity contribution is 14.1. The third kappa shape index (κ3) is 3.61. The second-order valence-electron chi connectivity index (χ2n) is 3.55. The number of nitrogens with one attached hydrogen (secondary N) is 1. The molecule has 0 atom stereocenters. The van der Waals surface area contributed by atoms with Gasteiger partial charge in [-0.3, -0.25) is 4.79 Å². The lowest BCUT2D eigenvalue weighted by Crippen LogP contribution is -2.32. The van der Waals surface area contributed by atoms with E-state index < -0.39 is 11.6 Å². The Bertz CT molecular complexity index is 389. The molecule has 1 amide bonds. The number of carbonyl (C=O) groups is 1. The van der Waals surface area contributed by atoms with Crippen molar-refractivity contribution in [2.75, 3.05) is 5.32 Å². The fourth-order valence-electron chi connectivity index (χ4n) is 0.862. The van der Waals surface area contributed by atoms with E-state index in [1.54, 1.807) is 18.2 Å². The van der Waals surface area contributed by atoms with Gasteiger partial charge >= 0.3 is 0 Å². The predicted octanol–water partition coefficient (Wildman–Crippen LogP) is 3.63. The molecule has 5 heteroatoms. The second-order valence-corrected chi connectivity index (χ2v) is 5.15. The van der Waals surface area contributed by atoms with E-state index in [1.807, 2.05) is 22.6 Å². The highest BCUT2D eigenvalue weighted by Crippen LogP contribution is 2.23. The molecule has 0 unspecified atom stereocenters. The number of halogens is 3. The maximum absolute atomic E-state index is 13.2. The van der Waals surface area contributed by atoms with Crippen molar-refractivity contribution in [1.82, 2.24) is 0 Å². The van der Waals surface area contributed by atoms with Crippen LogP contribution in [0.15, 0.2) is 18.2 Å². The molecule has 0 aliphatic carbocycles. The van der Waals surface area contributed by atoms with Crippen LogP contribution in [-0.4, -0.2) is 11.6 Å². The number of amides is 1. The molecule has 1 aromatic rings. The number of hydrogen-bond acceptors (Lipinski definition) is 1. The second kappa shape index (κ2) is 4.65. The van der Waals surface area contributed by atoms with E-state index in [9.17, 15) is 9.18 Å². The Kier molecular flexibility index (Phi) is 3.94. The first-order chi connectivity index (χ1) is 6.80. The molecular weight excluding hydrogens is 331 g/mol. The average molecular weight is 342 g/mol. The Labute approximate surface area is 106 Å². The third-order valence-electron chi connectivity index (χ3n) is 1.72. The first-order valence-electron chi connectivity index (χ1n) is 4.26. The van der Waals surface area contributed by atoms with E-state index in [0.717, 1.165) is 3.57 Å². The summed E-state index contributed by atoms with van der Waals surface area (Å²) in [5.74, 6) is -0.664. The average Bonchev–Trinajstić information content (AvgIpc) is 2.08. The van der Waals surface area contributed by atoms with E-state index >= 15 is 0 Å². The maximum Gasteiger partial charge on any atom is 0.261 e. The van der Waals surface area contributed by atoms with Crippen molar-refractivity contribution in [2.45, 2.75) is 19.5 Å². The van der Waals surface area contributed by atoms with E-state index in [4.69, 9.17) is 11.6 Å². The molecular formula is C10H10ClFINO. The number of benzene rings is 1. The lowest BCUT2D eigenvalue weighted by Gasteiger charge is -2.14. The topological polar surface area (TPSA) is 29.1 Å². The van der Waals surface area contributed by atoms with Gasteiger partial charge < -0.3 is 5.32 Å². The third-order valence-corrected chi connectivity index (χ3v) is 2.85. The van der Waals surface area contributed by atoms with E-state index in [-0.39, 0.29) is 0 Å². The molecule has 1 N–H and O–H groups in total. The van der Waals surface area contributed by atoms with E-state index in [2.05, 4.69) is 5.32 Å². The zero-order valence-corrected chi connectivity index (χ0v) is 11.2. The molecule has 0 spiro atoms. The van der Waals surface area contributed by atoms with Crippen LogP contribution in [0.3, 0.4) is 0 Å². The van der Waals surface area contributed by atoms with Gasteiger partial charge in [0.25, 0.3) is 5.91 Å². The summed E-state index contributed by atoms with van der Waals surface area (Å²) in [7, 11) is 0. The number of carbonyl (C=O) groups excluding carboxylic acids is 1. The maximum atomic E-state index is 13.2. The Morgan fingerprint density at radius 2 is 2.13 bits per heavy atom. The first kappa shape index (κ1) is 12.7. The van der Waals surface area contributed by atoms with Crippen molar-refractivity contribution in [3.8, 4) is 0 Å². The van der Waals surface area contributed by atoms with Gasteiger partial charge in [0.1, 0.15) is 0 Å². The quantitative estimate of drug-likeness (QED) is 0.818. The van der Waals surface area contributed by atoms with Crippen LogP contribution in [0.5, 0.6) is 0 Å². The molecule has 0 fully saturated rings. The molecule has 0 saturated carbocycles. The van der Waals surface area contributed by atoms with Crippen LogP contribution in [-0.2, 0) is 4.79 Å². The van der Waals surface area contributed by atoms with Crippen LogP contribution in [0.2, 0.25) is 5.02 Å². The lowest BCUT2D eigenvalue weighted by atomic mass is 10.1. The normalized spacial score (nSPS) is 11.3. The zero-order chi connectivity index (χ0) is 11.6. The van der Waals surface area contributed by atoms with Crippen molar-refractivity contribution in [1.29, 1.82) is 0 Å². The molecule has 2 nitrogen and oxygen atoms in total. The van der Waals surface area contributed by atoms with Crippen LogP contribution in [0, 0.1) is 3.57 Å². The highest BCUT2D eigenvalue weighted by Gasteiger charge is 2.26. The van der Waals surface area contributed by atoms with Crippen LogP contribution < -0.4 is 5.32 Å². The molecule has 0 heterocycles. The lowest BCUT2D eigenvalue weighted by molar-refractivity contribution is -0.125. The van der Waals surface area contributed by atoms with Gasteiger partial charge in [0.2, 0.25) is 0 Å².